The molecule has 32 heavy (non-hydrogen) atoms. The van der Waals surface area contributed by atoms with Crippen molar-refractivity contribution < 1.29 is 23.8 Å². The fraction of sp³-hybridized carbons (Fsp3) is 0.400. The molecule has 2 heterocycles. The van der Waals surface area contributed by atoms with E-state index in [4.69, 9.17) is 4.42 Å². The number of aryl methyl sites for hydroxylation is 2. The van der Waals surface area contributed by atoms with Crippen LogP contribution in [0.15, 0.2) is 45.1 Å². The third-order valence-electron chi connectivity index (χ3n) is 4.86. The van der Waals surface area contributed by atoms with E-state index in [0.29, 0.717) is 30.6 Å². The largest absolute Gasteiger partial charge is 0.507 e. The number of ether oxygens (including phenoxy) is 1. The number of hydrogen-bond donors (Lipinski definition) is 1. The van der Waals surface area contributed by atoms with Crippen LogP contribution in [0.4, 0.5) is 0 Å². The molecule has 0 spiro atoms. The summed E-state index contributed by atoms with van der Waals surface area (Å²) in [5, 5.41) is 10.3. The lowest BCUT2D eigenvalue weighted by molar-refractivity contribution is -0.139. The topological polar surface area (TPSA) is 93.8 Å². The van der Waals surface area contributed by atoms with E-state index in [1.807, 2.05) is 12.1 Å². The van der Waals surface area contributed by atoms with E-state index in [2.05, 4.69) is 17.7 Å². The minimum Gasteiger partial charge on any atom is -0.507 e. The number of aromatic hydroxyl groups is 1. The van der Waals surface area contributed by atoms with Gasteiger partial charge in [-0.05, 0) is 56.4 Å². The Hall–Kier alpha value is -2.93. The first kappa shape index (κ1) is 25.3. The zero-order valence-electron chi connectivity index (χ0n) is 18.8. The summed E-state index contributed by atoms with van der Waals surface area (Å²) in [4.78, 5) is 38.4. The summed E-state index contributed by atoms with van der Waals surface area (Å²) in [7, 11) is 1.34. The Labute approximate surface area is 192 Å². The summed E-state index contributed by atoms with van der Waals surface area (Å²) in [6.07, 6.45) is 10.5. The van der Waals surface area contributed by atoms with Crippen LogP contribution in [0.2, 0.25) is 0 Å². The second kappa shape index (κ2) is 12.8. The van der Waals surface area contributed by atoms with Crippen molar-refractivity contribution in [1.82, 2.24) is 0 Å². The summed E-state index contributed by atoms with van der Waals surface area (Å²) in [5.41, 5.74) is -0.822. The molecule has 0 fully saturated rings. The normalized spacial score (nSPS) is 11.8. The number of carbonyl (C=O) groups is 2. The van der Waals surface area contributed by atoms with E-state index in [1.165, 1.54) is 18.1 Å². The van der Waals surface area contributed by atoms with Crippen molar-refractivity contribution in [3.63, 3.8) is 0 Å². The lowest BCUT2D eigenvalue weighted by Crippen LogP contribution is -2.16. The average Bonchev–Trinajstić information content (AvgIpc) is 3.20. The molecule has 0 radical (unpaired) electrons. The Kier molecular flexibility index (Phi) is 10.1. The van der Waals surface area contributed by atoms with Gasteiger partial charge in [0.25, 0.3) is 0 Å². The fourth-order valence-electron chi connectivity index (χ4n) is 3.07. The van der Waals surface area contributed by atoms with E-state index in [9.17, 15) is 19.5 Å². The monoisotopic (exact) mass is 458 g/mol. The molecule has 0 aliphatic rings. The quantitative estimate of drug-likeness (QED) is 0.149. The Morgan fingerprint density at radius 3 is 2.66 bits per heavy atom. The number of rotatable bonds is 12. The van der Waals surface area contributed by atoms with Gasteiger partial charge in [-0.1, -0.05) is 25.5 Å². The molecule has 0 saturated carbocycles. The smallest absolute Gasteiger partial charge is 0.351 e. The third kappa shape index (κ3) is 7.64. The molecule has 6 nitrogen and oxygen atoms in total. The summed E-state index contributed by atoms with van der Waals surface area (Å²) < 4.78 is 9.81. The van der Waals surface area contributed by atoms with E-state index in [-0.39, 0.29) is 23.7 Å². The summed E-state index contributed by atoms with van der Waals surface area (Å²) >= 11 is 1.62. The minimum atomic E-state index is -0.839. The fourth-order valence-corrected chi connectivity index (χ4v) is 4.13. The van der Waals surface area contributed by atoms with Crippen LogP contribution in [0.25, 0.3) is 6.08 Å². The summed E-state index contributed by atoms with van der Waals surface area (Å²) in [5.74, 6) is -0.911. The van der Waals surface area contributed by atoms with Gasteiger partial charge in [-0.25, -0.2) is 4.79 Å². The lowest BCUT2D eigenvalue weighted by Gasteiger charge is -2.05. The minimum absolute atomic E-state index is 0.210. The number of Topliss-reactive ketones (excluding diaryl/α,β-unsaturated/α-hetero) is 1. The predicted octanol–water partition coefficient (Wildman–Crippen LogP) is 5.48. The van der Waals surface area contributed by atoms with Crippen LogP contribution < -0.4 is 5.63 Å². The highest BCUT2D eigenvalue weighted by atomic mass is 32.1. The standard InChI is InChI=1S/C25H30O6S/c1-4-5-11-19-13-14-20(32-19)15-17(2)24(28)23-21(26)16-18(31-25(23)29)10-8-6-7-9-12-22(27)30-3/h7,9,13-16,26H,4-6,8,10-12H2,1-3H3/b9-7+,17-15?. The van der Waals surface area contributed by atoms with E-state index >= 15 is 0 Å². The summed E-state index contributed by atoms with van der Waals surface area (Å²) in [6, 6.07) is 5.33. The van der Waals surface area contributed by atoms with Gasteiger partial charge in [0, 0.05) is 22.2 Å². The predicted molar refractivity (Wildman–Crippen MR) is 126 cm³/mol. The first-order chi connectivity index (χ1) is 15.3. The SMILES string of the molecule is CCCCc1ccc(C=C(C)C(=O)c2c(O)cc(CCC/C=C/CC(=O)OC)oc2=O)s1. The van der Waals surface area contributed by atoms with Crippen molar-refractivity contribution in [3.8, 4) is 5.75 Å². The van der Waals surface area contributed by atoms with Gasteiger partial charge in [-0.2, -0.15) is 0 Å². The summed E-state index contributed by atoms with van der Waals surface area (Å²) in [6.45, 7) is 3.77. The van der Waals surface area contributed by atoms with Gasteiger partial charge in [-0.15, -0.1) is 11.3 Å². The van der Waals surface area contributed by atoms with Gasteiger partial charge in [0.15, 0.2) is 5.78 Å². The molecule has 0 atom stereocenters. The van der Waals surface area contributed by atoms with Crippen molar-refractivity contribution in [1.29, 1.82) is 0 Å². The van der Waals surface area contributed by atoms with Crippen molar-refractivity contribution >= 4 is 29.2 Å². The number of unbranched alkanes of at least 4 members (excludes halogenated alkanes) is 2. The van der Waals surface area contributed by atoms with Crippen LogP contribution in [0.1, 0.15) is 71.8 Å². The zero-order valence-corrected chi connectivity index (χ0v) is 19.6. The molecule has 0 bridgehead atoms. The van der Waals surface area contributed by atoms with Crippen molar-refractivity contribution in [3.05, 3.63) is 67.4 Å². The molecule has 0 aromatic carbocycles. The van der Waals surface area contributed by atoms with Gasteiger partial charge in [0.05, 0.1) is 13.5 Å². The van der Waals surface area contributed by atoms with Crippen LogP contribution >= 0.6 is 11.3 Å². The number of ketones is 1. The maximum atomic E-state index is 12.8. The number of thiophene rings is 1. The van der Waals surface area contributed by atoms with Gasteiger partial charge in [0.2, 0.25) is 0 Å². The second-order valence-corrected chi connectivity index (χ2v) is 8.67. The maximum Gasteiger partial charge on any atom is 0.351 e. The molecule has 2 aromatic rings. The van der Waals surface area contributed by atoms with Crippen molar-refractivity contribution in [2.24, 2.45) is 0 Å². The molecule has 0 aliphatic carbocycles. The molecule has 0 amide bonds. The number of methoxy groups -OCH3 is 1. The van der Waals surface area contributed by atoms with E-state index in [0.717, 1.165) is 24.1 Å². The van der Waals surface area contributed by atoms with Crippen molar-refractivity contribution in [2.45, 2.75) is 58.8 Å². The number of hydrogen-bond acceptors (Lipinski definition) is 7. The van der Waals surface area contributed by atoms with Crippen LogP contribution in [0, 0.1) is 0 Å². The van der Waals surface area contributed by atoms with Crippen molar-refractivity contribution in [2.75, 3.05) is 7.11 Å². The van der Waals surface area contributed by atoms with Crippen LogP contribution in [0.3, 0.4) is 0 Å². The Bertz CT molecular complexity index is 1040. The molecule has 172 valence electrons. The van der Waals surface area contributed by atoms with Gasteiger partial charge >= 0.3 is 11.6 Å². The van der Waals surface area contributed by atoms with Gasteiger partial charge in [0.1, 0.15) is 17.1 Å². The number of carbonyl (C=O) groups excluding carboxylic acids is 2. The van der Waals surface area contributed by atoms with Crippen LogP contribution in [-0.4, -0.2) is 24.0 Å². The van der Waals surface area contributed by atoms with E-state index in [1.54, 1.807) is 30.4 Å². The third-order valence-corrected chi connectivity index (χ3v) is 5.95. The first-order valence-corrected chi connectivity index (χ1v) is 11.6. The Balaban J connectivity index is 2.02. The van der Waals surface area contributed by atoms with Gasteiger partial charge < -0.3 is 14.3 Å². The molecular formula is C25H30O6S. The van der Waals surface area contributed by atoms with Crippen LogP contribution in [0.5, 0.6) is 5.75 Å². The molecule has 2 aromatic heterocycles. The lowest BCUT2D eigenvalue weighted by atomic mass is 10.0. The molecule has 1 N–H and O–H groups in total. The average molecular weight is 459 g/mol. The maximum absolute atomic E-state index is 12.8. The molecular weight excluding hydrogens is 428 g/mol. The highest BCUT2D eigenvalue weighted by molar-refractivity contribution is 7.12. The molecule has 0 saturated heterocycles. The molecule has 0 unspecified atom stereocenters. The Morgan fingerprint density at radius 2 is 1.97 bits per heavy atom. The second-order valence-electron chi connectivity index (χ2n) is 7.47. The molecule has 7 heteroatoms. The molecule has 0 aliphatic heterocycles. The number of allylic oxidation sites excluding steroid dienone is 2. The zero-order chi connectivity index (χ0) is 23.5. The first-order valence-electron chi connectivity index (χ1n) is 10.7. The highest BCUT2D eigenvalue weighted by Gasteiger charge is 2.20. The Morgan fingerprint density at radius 1 is 1.19 bits per heavy atom. The van der Waals surface area contributed by atoms with Crippen LogP contribution in [-0.2, 0) is 22.4 Å². The highest BCUT2D eigenvalue weighted by Crippen LogP contribution is 2.24. The van der Waals surface area contributed by atoms with Gasteiger partial charge in [-0.3, -0.25) is 9.59 Å². The number of esters is 1. The molecule has 2 rings (SSSR count). The van der Waals surface area contributed by atoms with E-state index < -0.39 is 11.4 Å².